The third kappa shape index (κ3) is 3.23. The SMILES string of the molecule is CC1CS(=O)(=O)CCN1C(=O)NC1(CC(=O)O)CCC1. The summed E-state index contributed by atoms with van der Waals surface area (Å²) in [4.78, 5) is 24.6. The van der Waals surface area contributed by atoms with E-state index >= 15 is 0 Å². The number of nitrogens with one attached hydrogen (secondary N) is 1. The zero-order valence-electron chi connectivity index (χ0n) is 11.5. The predicted molar refractivity (Wildman–Crippen MR) is 72.2 cm³/mol. The molecule has 2 amide bonds. The number of hydrogen-bond acceptors (Lipinski definition) is 4. The van der Waals surface area contributed by atoms with E-state index < -0.39 is 21.3 Å². The van der Waals surface area contributed by atoms with Gasteiger partial charge in [-0.25, -0.2) is 13.2 Å². The lowest BCUT2D eigenvalue weighted by atomic mass is 9.74. The highest BCUT2D eigenvalue weighted by Gasteiger charge is 2.42. The quantitative estimate of drug-likeness (QED) is 0.776. The molecule has 114 valence electrons. The lowest BCUT2D eigenvalue weighted by Crippen LogP contribution is -2.61. The standard InChI is InChI=1S/C12H20N2O5S/c1-9-8-20(18,19)6-5-14(9)11(17)13-12(3-2-4-12)7-10(15)16/h9H,2-8H2,1H3,(H,13,17)(H,15,16). The maximum atomic E-state index is 12.2. The van der Waals surface area contributed by atoms with Gasteiger partial charge in [0, 0.05) is 12.6 Å². The first-order chi connectivity index (χ1) is 9.23. The monoisotopic (exact) mass is 304 g/mol. The summed E-state index contributed by atoms with van der Waals surface area (Å²) in [5, 5.41) is 11.7. The minimum Gasteiger partial charge on any atom is -0.481 e. The Kier molecular flexibility index (Phi) is 3.95. The van der Waals surface area contributed by atoms with Gasteiger partial charge in [-0.05, 0) is 26.2 Å². The Morgan fingerprint density at radius 1 is 1.40 bits per heavy atom. The van der Waals surface area contributed by atoms with Gasteiger partial charge in [0.2, 0.25) is 0 Å². The van der Waals surface area contributed by atoms with Crippen molar-refractivity contribution in [2.75, 3.05) is 18.1 Å². The molecule has 0 aromatic heterocycles. The summed E-state index contributed by atoms with van der Waals surface area (Å²) >= 11 is 0. The van der Waals surface area contributed by atoms with Crippen molar-refractivity contribution >= 4 is 21.8 Å². The molecular weight excluding hydrogens is 284 g/mol. The number of sulfone groups is 1. The Hall–Kier alpha value is -1.31. The number of carbonyl (C=O) groups is 2. The third-order valence-corrected chi connectivity index (χ3v) is 5.90. The molecule has 0 bridgehead atoms. The molecule has 2 N–H and O–H groups in total. The summed E-state index contributed by atoms with van der Waals surface area (Å²) in [6.07, 6.45) is 2.13. The van der Waals surface area contributed by atoms with Gasteiger partial charge in [0.1, 0.15) is 0 Å². The van der Waals surface area contributed by atoms with Crippen molar-refractivity contribution < 1.29 is 23.1 Å². The van der Waals surface area contributed by atoms with E-state index in [-0.39, 0.29) is 36.5 Å². The fourth-order valence-electron chi connectivity index (χ4n) is 2.84. The first kappa shape index (κ1) is 15.1. The van der Waals surface area contributed by atoms with Crippen LogP contribution in [-0.2, 0) is 14.6 Å². The van der Waals surface area contributed by atoms with Gasteiger partial charge in [-0.15, -0.1) is 0 Å². The van der Waals surface area contributed by atoms with Crippen molar-refractivity contribution in [3.8, 4) is 0 Å². The number of urea groups is 1. The van der Waals surface area contributed by atoms with Crippen LogP contribution in [0.4, 0.5) is 4.79 Å². The highest BCUT2D eigenvalue weighted by Crippen LogP contribution is 2.35. The maximum absolute atomic E-state index is 12.2. The lowest BCUT2D eigenvalue weighted by molar-refractivity contribution is -0.139. The molecule has 8 heteroatoms. The number of hydrogen-bond donors (Lipinski definition) is 2. The van der Waals surface area contributed by atoms with Gasteiger partial charge in [0.05, 0.1) is 23.5 Å². The van der Waals surface area contributed by atoms with Crippen LogP contribution in [-0.4, -0.2) is 60.1 Å². The van der Waals surface area contributed by atoms with E-state index in [0.717, 1.165) is 6.42 Å². The van der Waals surface area contributed by atoms with Crippen LogP contribution in [0.2, 0.25) is 0 Å². The molecule has 0 radical (unpaired) electrons. The van der Waals surface area contributed by atoms with Crippen LogP contribution in [0.1, 0.15) is 32.6 Å². The Labute approximate surface area is 118 Å². The molecule has 2 aliphatic rings. The molecule has 1 saturated heterocycles. The van der Waals surface area contributed by atoms with Crippen LogP contribution < -0.4 is 5.32 Å². The smallest absolute Gasteiger partial charge is 0.318 e. The fraction of sp³-hybridized carbons (Fsp3) is 0.833. The van der Waals surface area contributed by atoms with Crippen molar-refractivity contribution in [3.05, 3.63) is 0 Å². The van der Waals surface area contributed by atoms with E-state index in [1.807, 2.05) is 0 Å². The normalized spacial score (nSPS) is 27.4. The summed E-state index contributed by atoms with van der Waals surface area (Å²) in [7, 11) is -3.07. The van der Waals surface area contributed by atoms with Crippen LogP contribution >= 0.6 is 0 Å². The number of amides is 2. The molecule has 0 spiro atoms. The van der Waals surface area contributed by atoms with Crippen molar-refractivity contribution in [2.24, 2.45) is 0 Å². The van der Waals surface area contributed by atoms with E-state index in [9.17, 15) is 18.0 Å². The zero-order chi connectivity index (χ0) is 15.0. The highest BCUT2D eigenvalue weighted by molar-refractivity contribution is 7.91. The molecule has 0 aromatic carbocycles. The number of carboxylic acids is 1. The average Bonchev–Trinajstić information content (AvgIpc) is 2.23. The van der Waals surface area contributed by atoms with Gasteiger partial charge >= 0.3 is 12.0 Å². The van der Waals surface area contributed by atoms with Gasteiger partial charge in [-0.3, -0.25) is 4.79 Å². The largest absolute Gasteiger partial charge is 0.481 e. The molecule has 2 fully saturated rings. The van der Waals surface area contributed by atoms with Gasteiger partial charge < -0.3 is 15.3 Å². The third-order valence-electron chi connectivity index (χ3n) is 4.10. The van der Waals surface area contributed by atoms with Crippen molar-refractivity contribution in [2.45, 2.75) is 44.2 Å². The maximum Gasteiger partial charge on any atom is 0.318 e. The van der Waals surface area contributed by atoms with Crippen LogP contribution in [0.25, 0.3) is 0 Å². The number of rotatable bonds is 3. The van der Waals surface area contributed by atoms with E-state index in [4.69, 9.17) is 5.11 Å². The van der Waals surface area contributed by atoms with E-state index in [2.05, 4.69) is 5.32 Å². The highest BCUT2D eigenvalue weighted by atomic mass is 32.2. The fourth-order valence-corrected chi connectivity index (χ4v) is 4.39. The number of carboxylic acid groups (broad SMARTS) is 1. The summed E-state index contributed by atoms with van der Waals surface area (Å²) < 4.78 is 23.0. The van der Waals surface area contributed by atoms with Gasteiger partial charge in [-0.2, -0.15) is 0 Å². The number of nitrogens with zero attached hydrogens (tertiary/aromatic N) is 1. The number of carbonyl (C=O) groups excluding carboxylic acids is 1. The van der Waals surface area contributed by atoms with Crippen molar-refractivity contribution in [1.29, 1.82) is 0 Å². The first-order valence-corrected chi connectivity index (χ1v) is 8.56. The Morgan fingerprint density at radius 3 is 2.50 bits per heavy atom. The number of aliphatic carboxylic acids is 1. The topological polar surface area (TPSA) is 104 Å². The van der Waals surface area contributed by atoms with E-state index in [1.54, 1.807) is 6.92 Å². The molecule has 7 nitrogen and oxygen atoms in total. The van der Waals surface area contributed by atoms with Crippen LogP contribution in [0.3, 0.4) is 0 Å². The molecule has 0 aromatic rings. The van der Waals surface area contributed by atoms with Crippen molar-refractivity contribution in [1.82, 2.24) is 10.2 Å². The average molecular weight is 304 g/mol. The summed E-state index contributed by atoms with van der Waals surface area (Å²) in [5.74, 6) is -0.998. The second-order valence-corrected chi connectivity index (χ2v) is 8.02. The Bertz CT molecular complexity index is 512. The summed E-state index contributed by atoms with van der Waals surface area (Å²) in [5.41, 5.74) is -0.654. The Morgan fingerprint density at radius 2 is 2.05 bits per heavy atom. The van der Waals surface area contributed by atoms with Gasteiger partial charge in [0.15, 0.2) is 9.84 Å². The zero-order valence-corrected chi connectivity index (χ0v) is 12.3. The van der Waals surface area contributed by atoms with Gasteiger partial charge in [0.25, 0.3) is 0 Å². The molecule has 2 rings (SSSR count). The summed E-state index contributed by atoms with van der Waals surface area (Å²) in [6.45, 7) is 1.86. The molecule has 1 aliphatic heterocycles. The molecule has 20 heavy (non-hydrogen) atoms. The van der Waals surface area contributed by atoms with Crippen LogP contribution in [0.15, 0.2) is 0 Å². The molecule has 1 aliphatic carbocycles. The second-order valence-electron chi connectivity index (χ2n) is 5.79. The summed E-state index contributed by atoms with van der Waals surface area (Å²) in [6, 6.07) is -0.732. The lowest BCUT2D eigenvalue weighted by Gasteiger charge is -2.44. The van der Waals surface area contributed by atoms with Crippen molar-refractivity contribution in [3.63, 3.8) is 0 Å². The van der Waals surface area contributed by atoms with E-state index in [1.165, 1.54) is 4.90 Å². The molecule has 1 heterocycles. The van der Waals surface area contributed by atoms with E-state index in [0.29, 0.717) is 12.8 Å². The minimum atomic E-state index is -3.07. The molecular formula is C12H20N2O5S. The molecule has 1 atom stereocenters. The predicted octanol–water partition coefficient (Wildman–Crippen LogP) is 0.212. The first-order valence-electron chi connectivity index (χ1n) is 6.74. The molecule has 1 saturated carbocycles. The van der Waals surface area contributed by atoms with Crippen LogP contribution in [0, 0.1) is 0 Å². The van der Waals surface area contributed by atoms with Crippen LogP contribution in [0.5, 0.6) is 0 Å². The van der Waals surface area contributed by atoms with Gasteiger partial charge in [-0.1, -0.05) is 0 Å². The second kappa shape index (κ2) is 5.23. The Balaban J connectivity index is 1.99. The molecule has 1 unspecified atom stereocenters. The minimum absolute atomic E-state index is 0.0311.